The number of pyridine rings is 1. The van der Waals surface area contributed by atoms with Crippen LogP contribution >= 0.6 is 0 Å². The Labute approximate surface area is 112 Å². The summed E-state index contributed by atoms with van der Waals surface area (Å²) in [5, 5.41) is 0. The molecular weight excluding hydrogens is 242 g/mol. The van der Waals surface area contributed by atoms with Crippen molar-refractivity contribution in [3.8, 4) is 11.5 Å². The molecule has 1 heterocycles. The Kier molecular flexibility index (Phi) is 3.80. The van der Waals surface area contributed by atoms with Gasteiger partial charge in [0.15, 0.2) is 12.4 Å². The molecule has 0 bridgehead atoms. The van der Waals surface area contributed by atoms with Gasteiger partial charge in [0.25, 0.3) is 0 Å². The van der Waals surface area contributed by atoms with E-state index >= 15 is 0 Å². The molecule has 0 amide bonds. The van der Waals surface area contributed by atoms with Crippen LogP contribution in [0.3, 0.4) is 0 Å². The third-order valence-corrected chi connectivity index (χ3v) is 2.90. The van der Waals surface area contributed by atoms with E-state index in [1.165, 1.54) is 14.2 Å². The lowest BCUT2D eigenvalue weighted by Gasteiger charge is -2.11. The Morgan fingerprint density at radius 2 is 1.53 bits per heavy atom. The molecule has 2 rings (SSSR count). The van der Waals surface area contributed by atoms with Gasteiger partial charge in [-0.2, -0.15) is 0 Å². The van der Waals surface area contributed by atoms with Crippen LogP contribution in [0.2, 0.25) is 0 Å². The fourth-order valence-corrected chi connectivity index (χ4v) is 1.87. The van der Waals surface area contributed by atoms with Crippen molar-refractivity contribution in [1.82, 2.24) is 0 Å². The van der Waals surface area contributed by atoms with Crippen molar-refractivity contribution < 1.29 is 18.8 Å². The van der Waals surface area contributed by atoms with E-state index in [9.17, 15) is 4.79 Å². The standard InChI is InChI=1S/C15H16NO3/c1-16-9-7-11(8-10-16)15(17)14-12(18-2)5-4-6-13(14)19-3/h4-10H,1-3H3/q+1. The van der Waals surface area contributed by atoms with E-state index in [4.69, 9.17) is 9.47 Å². The van der Waals surface area contributed by atoms with Gasteiger partial charge in [-0.05, 0) is 12.1 Å². The van der Waals surface area contributed by atoms with Crippen molar-refractivity contribution in [1.29, 1.82) is 0 Å². The van der Waals surface area contributed by atoms with Gasteiger partial charge in [-0.3, -0.25) is 4.79 Å². The maximum absolute atomic E-state index is 12.5. The minimum Gasteiger partial charge on any atom is -0.496 e. The Balaban J connectivity index is 2.51. The molecule has 4 heteroatoms. The Morgan fingerprint density at radius 3 is 2.00 bits per heavy atom. The first kappa shape index (κ1) is 13.1. The molecule has 0 unspecified atom stereocenters. The molecule has 0 saturated heterocycles. The monoisotopic (exact) mass is 258 g/mol. The molecule has 2 aromatic rings. The number of hydrogen-bond donors (Lipinski definition) is 0. The molecule has 1 aromatic heterocycles. The first-order valence-corrected chi connectivity index (χ1v) is 5.88. The second-order valence-electron chi connectivity index (χ2n) is 4.12. The summed E-state index contributed by atoms with van der Waals surface area (Å²) in [6, 6.07) is 8.83. The third kappa shape index (κ3) is 2.57. The molecule has 98 valence electrons. The fourth-order valence-electron chi connectivity index (χ4n) is 1.87. The van der Waals surface area contributed by atoms with Gasteiger partial charge in [0.2, 0.25) is 5.78 Å². The van der Waals surface area contributed by atoms with E-state index in [2.05, 4.69) is 0 Å². The van der Waals surface area contributed by atoms with Crippen LogP contribution in [0.1, 0.15) is 15.9 Å². The predicted molar refractivity (Wildman–Crippen MR) is 70.6 cm³/mol. The molecule has 1 aromatic carbocycles. The second-order valence-corrected chi connectivity index (χ2v) is 4.12. The van der Waals surface area contributed by atoms with Gasteiger partial charge >= 0.3 is 0 Å². The second kappa shape index (κ2) is 5.52. The summed E-state index contributed by atoms with van der Waals surface area (Å²) >= 11 is 0. The normalized spacial score (nSPS) is 10.1. The Bertz CT molecular complexity index is 569. The van der Waals surface area contributed by atoms with E-state index < -0.39 is 0 Å². The number of ether oxygens (including phenoxy) is 2. The molecule has 0 aliphatic heterocycles. The molecule has 0 spiro atoms. The smallest absolute Gasteiger partial charge is 0.200 e. The lowest BCUT2D eigenvalue weighted by molar-refractivity contribution is -0.671. The molecule has 0 aliphatic carbocycles. The molecular formula is C15H16NO3+. The van der Waals surface area contributed by atoms with Gasteiger partial charge in [0.05, 0.1) is 14.2 Å². The Morgan fingerprint density at radius 1 is 1.00 bits per heavy atom. The van der Waals surface area contributed by atoms with Gasteiger partial charge in [-0.1, -0.05) is 6.07 Å². The van der Waals surface area contributed by atoms with Crippen molar-refractivity contribution in [2.75, 3.05) is 14.2 Å². The van der Waals surface area contributed by atoms with Crippen molar-refractivity contribution in [2.24, 2.45) is 7.05 Å². The zero-order chi connectivity index (χ0) is 13.8. The number of rotatable bonds is 4. The molecule has 0 N–H and O–H groups in total. The number of hydrogen-bond acceptors (Lipinski definition) is 3. The van der Waals surface area contributed by atoms with E-state index in [1.54, 1.807) is 30.3 Å². The summed E-state index contributed by atoms with van der Waals surface area (Å²) in [4.78, 5) is 12.5. The number of carbonyl (C=O) groups excluding carboxylic acids is 1. The van der Waals surface area contributed by atoms with Crippen LogP contribution in [0.25, 0.3) is 0 Å². The highest BCUT2D eigenvalue weighted by molar-refractivity contribution is 6.12. The maximum atomic E-state index is 12.5. The van der Waals surface area contributed by atoms with Gasteiger partial charge < -0.3 is 9.47 Å². The summed E-state index contributed by atoms with van der Waals surface area (Å²) in [7, 11) is 4.98. The number of ketones is 1. The average molecular weight is 258 g/mol. The molecule has 0 radical (unpaired) electrons. The van der Waals surface area contributed by atoms with Crippen LogP contribution in [0, 0.1) is 0 Å². The van der Waals surface area contributed by atoms with E-state index in [-0.39, 0.29) is 5.78 Å². The highest BCUT2D eigenvalue weighted by Gasteiger charge is 2.20. The largest absolute Gasteiger partial charge is 0.496 e. The zero-order valence-corrected chi connectivity index (χ0v) is 11.2. The number of aromatic nitrogens is 1. The minimum absolute atomic E-state index is 0.116. The number of aryl methyl sites for hydroxylation is 1. The Hall–Kier alpha value is -2.36. The molecule has 4 nitrogen and oxygen atoms in total. The number of benzene rings is 1. The predicted octanol–water partition coefficient (Wildman–Crippen LogP) is 1.76. The van der Waals surface area contributed by atoms with Gasteiger partial charge in [0, 0.05) is 17.7 Å². The maximum Gasteiger partial charge on any atom is 0.200 e. The van der Waals surface area contributed by atoms with Crippen LogP contribution in [0.5, 0.6) is 11.5 Å². The lowest BCUT2D eigenvalue weighted by Crippen LogP contribution is -2.26. The van der Waals surface area contributed by atoms with Crippen molar-refractivity contribution in [3.63, 3.8) is 0 Å². The molecule has 19 heavy (non-hydrogen) atoms. The van der Waals surface area contributed by atoms with Crippen molar-refractivity contribution in [2.45, 2.75) is 0 Å². The van der Waals surface area contributed by atoms with E-state index in [0.717, 1.165) is 0 Å². The van der Waals surface area contributed by atoms with Crippen LogP contribution < -0.4 is 14.0 Å². The van der Waals surface area contributed by atoms with Crippen LogP contribution in [-0.2, 0) is 7.05 Å². The number of methoxy groups -OCH3 is 2. The van der Waals surface area contributed by atoms with Crippen LogP contribution in [0.15, 0.2) is 42.7 Å². The third-order valence-electron chi connectivity index (χ3n) is 2.90. The fraction of sp³-hybridized carbons (Fsp3) is 0.200. The van der Waals surface area contributed by atoms with Gasteiger partial charge in [0.1, 0.15) is 24.1 Å². The van der Waals surface area contributed by atoms with Crippen LogP contribution in [0.4, 0.5) is 0 Å². The zero-order valence-electron chi connectivity index (χ0n) is 11.2. The quantitative estimate of drug-likeness (QED) is 0.619. The molecule has 0 saturated carbocycles. The highest BCUT2D eigenvalue weighted by Crippen LogP contribution is 2.30. The number of carbonyl (C=O) groups is 1. The molecule has 0 atom stereocenters. The van der Waals surface area contributed by atoms with E-state index in [1.807, 2.05) is 24.0 Å². The summed E-state index contributed by atoms with van der Waals surface area (Å²) in [5.41, 5.74) is 1.04. The van der Waals surface area contributed by atoms with Gasteiger partial charge in [-0.25, -0.2) is 4.57 Å². The average Bonchev–Trinajstić information content (AvgIpc) is 2.46. The first-order chi connectivity index (χ1) is 9.17. The number of nitrogens with zero attached hydrogens (tertiary/aromatic N) is 1. The minimum atomic E-state index is -0.116. The lowest BCUT2D eigenvalue weighted by atomic mass is 10.0. The topological polar surface area (TPSA) is 39.4 Å². The van der Waals surface area contributed by atoms with Crippen molar-refractivity contribution in [3.05, 3.63) is 53.9 Å². The summed E-state index contributed by atoms with van der Waals surface area (Å²) in [6.07, 6.45) is 3.66. The van der Waals surface area contributed by atoms with Crippen LogP contribution in [-0.4, -0.2) is 20.0 Å². The molecule has 0 aliphatic rings. The molecule has 0 fully saturated rings. The highest BCUT2D eigenvalue weighted by atomic mass is 16.5. The SMILES string of the molecule is COc1cccc(OC)c1C(=O)c1cc[n+](C)cc1. The summed E-state index contributed by atoms with van der Waals surface area (Å²) < 4.78 is 12.4. The summed E-state index contributed by atoms with van der Waals surface area (Å²) in [6.45, 7) is 0. The van der Waals surface area contributed by atoms with E-state index in [0.29, 0.717) is 22.6 Å². The van der Waals surface area contributed by atoms with Gasteiger partial charge in [-0.15, -0.1) is 0 Å². The summed E-state index contributed by atoms with van der Waals surface area (Å²) in [5.74, 6) is 0.907. The first-order valence-electron chi connectivity index (χ1n) is 5.88. The van der Waals surface area contributed by atoms with Crippen molar-refractivity contribution >= 4 is 5.78 Å².